The van der Waals surface area contributed by atoms with E-state index in [2.05, 4.69) is 5.32 Å². The minimum atomic E-state index is -1.07. The Labute approximate surface area is 150 Å². The SMILES string of the molecule is CC(C)OC(=O)c1cc(NC(=O)C2=C(C(=O)O)CCCC2)ccc1Cl. The molecule has 2 rings (SSSR count). The van der Waals surface area contributed by atoms with Crippen LogP contribution in [0.4, 0.5) is 5.69 Å². The molecule has 25 heavy (non-hydrogen) atoms. The van der Waals surface area contributed by atoms with Crippen molar-refractivity contribution >= 4 is 35.1 Å². The van der Waals surface area contributed by atoms with E-state index in [1.54, 1.807) is 19.9 Å². The largest absolute Gasteiger partial charge is 0.478 e. The first-order valence-corrected chi connectivity index (χ1v) is 8.44. The fraction of sp³-hybridized carbons (Fsp3) is 0.389. The molecule has 0 aliphatic heterocycles. The summed E-state index contributed by atoms with van der Waals surface area (Å²) in [6, 6.07) is 4.46. The van der Waals surface area contributed by atoms with E-state index in [4.69, 9.17) is 16.3 Å². The van der Waals surface area contributed by atoms with Crippen LogP contribution in [0.25, 0.3) is 0 Å². The maximum absolute atomic E-state index is 12.4. The Balaban J connectivity index is 2.24. The van der Waals surface area contributed by atoms with Gasteiger partial charge in [0.15, 0.2) is 0 Å². The van der Waals surface area contributed by atoms with Gasteiger partial charge in [-0.05, 0) is 57.7 Å². The fourth-order valence-corrected chi connectivity index (χ4v) is 2.83. The number of ether oxygens (including phenoxy) is 1. The zero-order valence-corrected chi connectivity index (χ0v) is 14.9. The maximum atomic E-state index is 12.4. The number of hydrogen-bond acceptors (Lipinski definition) is 4. The average molecular weight is 366 g/mol. The Morgan fingerprint density at radius 3 is 2.40 bits per heavy atom. The van der Waals surface area contributed by atoms with Crippen molar-refractivity contribution in [2.45, 2.75) is 45.6 Å². The minimum Gasteiger partial charge on any atom is -0.478 e. The van der Waals surface area contributed by atoms with Gasteiger partial charge in [0.2, 0.25) is 0 Å². The molecule has 0 unspecified atom stereocenters. The number of esters is 1. The molecule has 0 saturated heterocycles. The van der Waals surface area contributed by atoms with Crippen molar-refractivity contribution in [1.82, 2.24) is 0 Å². The predicted molar refractivity (Wildman–Crippen MR) is 93.8 cm³/mol. The Kier molecular flexibility index (Phi) is 6.20. The molecule has 0 radical (unpaired) electrons. The third-order valence-corrected chi connectivity index (χ3v) is 4.12. The Hall–Kier alpha value is -2.34. The second-order valence-electron chi connectivity index (χ2n) is 6.07. The summed E-state index contributed by atoms with van der Waals surface area (Å²) in [6.45, 7) is 3.45. The number of hydrogen-bond donors (Lipinski definition) is 2. The van der Waals surface area contributed by atoms with Gasteiger partial charge in [-0.15, -0.1) is 0 Å². The molecule has 0 heterocycles. The Morgan fingerprint density at radius 1 is 1.16 bits per heavy atom. The third kappa shape index (κ3) is 4.82. The first-order valence-electron chi connectivity index (χ1n) is 8.06. The highest BCUT2D eigenvalue weighted by Gasteiger charge is 2.24. The molecule has 1 amide bonds. The van der Waals surface area contributed by atoms with Gasteiger partial charge in [0.1, 0.15) is 0 Å². The second kappa shape index (κ2) is 8.16. The summed E-state index contributed by atoms with van der Waals surface area (Å²) in [5.41, 5.74) is 0.925. The van der Waals surface area contributed by atoms with Crippen molar-refractivity contribution in [1.29, 1.82) is 0 Å². The van der Waals surface area contributed by atoms with Gasteiger partial charge >= 0.3 is 11.9 Å². The highest BCUT2D eigenvalue weighted by Crippen LogP contribution is 2.27. The minimum absolute atomic E-state index is 0.143. The lowest BCUT2D eigenvalue weighted by Crippen LogP contribution is -2.21. The van der Waals surface area contributed by atoms with Gasteiger partial charge in [-0.2, -0.15) is 0 Å². The standard InChI is InChI=1S/C18H20ClNO5/c1-10(2)25-18(24)14-9-11(7-8-15(14)19)20-16(21)12-5-3-4-6-13(12)17(22)23/h7-10H,3-6H2,1-2H3,(H,20,21)(H,22,23). The highest BCUT2D eigenvalue weighted by molar-refractivity contribution is 6.33. The van der Waals surface area contributed by atoms with Crippen molar-refractivity contribution in [3.8, 4) is 0 Å². The molecule has 0 spiro atoms. The van der Waals surface area contributed by atoms with Crippen LogP contribution in [0.1, 0.15) is 49.9 Å². The molecule has 1 aliphatic carbocycles. The molecule has 0 saturated carbocycles. The van der Waals surface area contributed by atoms with Gasteiger partial charge in [0.25, 0.3) is 5.91 Å². The van der Waals surface area contributed by atoms with Crippen LogP contribution in [0.5, 0.6) is 0 Å². The lowest BCUT2D eigenvalue weighted by molar-refractivity contribution is -0.133. The number of benzene rings is 1. The highest BCUT2D eigenvalue weighted by atomic mass is 35.5. The van der Waals surface area contributed by atoms with Gasteiger partial charge < -0.3 is 15.2 Å². The van der Waals surface area contributed by atoms with Gasteiger partial charge in [0.05, 0.1) is 16.7 Å². The second-order valence-corrected chi connectivity index (χ2v) is 6.48. The van der Waals surface area contributed by atoms with E-state index >= 15 is 0 Å². The van der Waals surface area contributed by atoms with Gasteiger partial charge in [-0.3, -0.25) is 4.79 Å². The average Bonchev–Trinajstić information content (AvgIpc) is 2.55. The summed E-state index contributed by atoms with van der Waals surface area (Å²) in [4.78, 5) is 35.8. The number of carbonyl (C=O) groups is 3. The van der Waals surface area contributed by atoms with Crippen LogP contribution in [-0.2, 0) is 14.3 Å². The summed E-state index contributed by atoms with van der Waals surface area (Å²) in [5, 5.41) is 12.1. The van der Waals surface area contributed by atoms with Crippen molar-refractivity contribution in [2.75, 3.05) is 5.32 Å². The molecule has 1 aromatic rings. The van der Waals surface area contributed by atoms with Crippen molar-refractivity contribution in [3.05, 3.63) is 39.9 Å². The quantitative estimate of drug-likeness (QED) is 0.774. The number of rotatable bonds is 5. The number of anilines is 1. The van der Waals surface area contributed by atoms with E-state index in [1.807, 2.05) is 0 Å². The summed E-state index contributed by atoms with van der Waals surface area (Å²) >= 11 is 6.02. The van der Waals surface area contributed by atoms with Crippen LogP contribution < -0.4 is 5.32 Å². The summed E-state index contributed by atoms with van der Waals surface area (Å²) in [5.74, 6) is -2.12. The first kappa shape index (κ1) is 19.0. The van der Waals surface area contributed by atoms with E-state index in [-0.39, 0.29) is 27.8 Å². The normalized spacial score (nSPS) is 14.4. The van der Waals surface area contributed by atoms with Crippen LogP contribution in [-0.4, -0.2) is 29.1 Å². The zero-order chi connectivity index (χ0) is 18.6. The Bertz CT molecular complexity index is 739. The van der Waals surface area contributed by atoms with E-state index in [9.17, 15) is 19.5 Å². The number of aliphatic carboxylic acids is 1. The number of carboxylic acid groups (broad SMARTS) is 1. The van der Waals surface area contributed by atoms with E-state index in [1.165, 1.54) is 12.1 Å². The summed E-state index contributed by atoms with van der Waals surface area (Å²) < 4.78 is 5.12. The lowest BCUT2D eigenvalue weighted by Gasteiger charge is -2.17. The molecule has 7 heteroatoms. The lowest BCUT2D eigenvalue weighted by atomic mass is 9.91. The van der Waals surface area contributed by atoms with Crippen LogP contribution in [0.15, 0.2) is 29.3 Å². The molecule has 6 nitrogen and oxygen atoms in total. The first-order chi connectivity index (χ1) is 11.8. The van der Waals surface area contributed by atoms with Crippen molar-refractivity contribution < 1.29 is 24.2 Å². The maximum Gasteiger partial charge on any atom is 0.339 e. The molecule has 0 bridgehead atoms. The number of nitrogens with one attached hydrogen (secondary N) is 1. The summed E-state index contributed by atoms with van der Waals surface area (Å²) in [7, 11) is 0. The summed E-state index contributed by atoms with van der Waals surface area (Å²) in [6.07, 6.45) is 2.03. The van der Waals surface area contributed by atoms with Gasteiger partial charge in [-0.25, -0.2) is 9.59 Å². The van der Waals surface area contributed by atoms with E-state index < -0.39 is 17.8 Å². The van der Waals surface area contributed by atoms with Crippen molar-refractivity contribution in [2.24, 2.45) is 0 Å². The third-order valence-electron chi connectivity index (χ3n) is 3.79. The molecule has 0 atom stereocenters. The molecule has 1 aromatic carbocycles. The topological polar surface area (TPSA) is 92.7 Å². The van der Waals surface area contributed by atoms with Crippen LogP contribution in [0, 0.1) is 0 Å². The molecule has 0 fully saturated rings. The van der Waals surface area contributed by atoms with Crippen molar-refractivity contribution in [3.63, 3.8) is 0 Å². The molecule has 134 valence electrons. The number of halogens is 1. The van der Waals surface area contributed by atoms with Gasteiger partial charge in [-0.1, -0.05) is 11.6 Å². The van der Waals surface area contributed by atoms with Crippen LogP contribution in [0.2, 0.25) is 5.02 Å². The number of carboxylic acids is 1. The smallest absolute Gasteiger partial charge is 0.339 e. The predicted octanol–water partition coefficient (Wildman–Crippen LogP) is 3.80. The van der Waals surface area contributed by atoms with Gasteiger partial charge in [0, 0.05) is 16.8 Å². The molecule has 1 aliphatic rings. The number of carbonyl (C=O) groups excluding carboxylic acids is 2. The molecular weight excluding hydrogens is 346 g/mol. The molecule has 2 N–H and O–H groups in total. The van der Waals surface area contributed by atoms with Crippen LogP contribution in [0.3, 0.4) is 0 Å². The number of amides is 1. The van der Waals surface area contributed by atoms with E-state index in [0.717, 1.165) is 12.8 Å². The molecule has 0 aromatic heterocycles. The van der Waals surface area contributed by atoms with E-state index in [0.29, 0.717) is 18.5 Å². The molecular formula is C18H20ClNO5. The Morgan fingerprint density at radius 2 is 1.80 bits per heavy atom. The fourth-order valence-electron chi connectivity index (χ4n) is 2.64. The van der Waals surface area contributed by atoms with Crippen LogP contribution >= 0.6 is 11.6 Å². The zero-order valence-electron chi connectivity index (χ0n) is 14.1. The monoisotopic (exact) mass is 365 g/mol.